The second-order valence-corrected chi connectivity index (χ2v) is 7.08. The maximum Gasteiger partial charge on any atom is 0.228 e. The predicted octanol–water partition coefficient (Wildman–Crippen LogP) is 2.79. The van der Waals surface area contributed by atoms with Gasteiger partial charge in [-0.15, -0.1) is 0 Å². The first-order valence-corrected chi connectivity index (χ1v) is 8.65. The zero-order chi connectivity index (χ0) is 16.6. The zero-order valence-corrected chi connectivity index (χ0v) is 14.1. The van der Waals surface area contributed by atoms with Crippen LogP contribution < -0.4 is 0 Å². The summed E-state index contributed by atoms with van der Waals surface area (Å²) >= 11 is 0. The van der Waals surface area contributed by atoms with E-state index >= 15 is 0 Å². The van der Waals surface area contributed by atoms with Crippen molar-refractivity contribution in [3.63, 3.8) is 0 Å². The molecule has 2 fully saturated rings. The van der Waals surface area contributed by atoms with E-state index in [1.54, 1.807) is 0 Å². The summed E-state index contributed by atoms with van der Waals surface area (Å²) in [5.74, 6) is 1.15. The zero-order valence-electron chi connectivity index (χ0n) is 14.1. The van der Waals surface area contributed by atoms with E-state index in [1.807, 2.05) is 48.3 Å². The monoisotopic (exact) mass is 325 g/mol. The van der Waals surface area contributed by atoms with Gasteiger partial charge in [0.1, 0.15) is 0 Å². The van der Waals surface area contributed by atoms with Gasteiger partial charge in [-0.2, -0.15) is 0 Å². The van der Waals surface area contributed by atoms with E-state index in [1.165, 1.54) is 0 Å². The molecule has 2 saturated heterocycles. The van der Waals surface area contributed by atoms with Gasteiger partial charge in [0, 0.05) is 31.8 Å². The molecule has 5 nitrogen and oxygen atoms in total. The average molecular weight is 325 g/mol. The minimum Gasteiger partial charge on any atom is -0.356 e. The summed E-state index contributed by atoms with van der Waals surface area (Å²) < 4.78 is 5.48. The van der Waals surface area contributed by atoms with E-state index < -0.39 is 0 Å². The van der Waals surface area contributed by atoms with Crippen LogP contribution in [0.3, 0.4) is 0 Å². The Balaban J connectivity index is 1.38. The van der Waals surface area contributed by atoms with Crippen LogP contribution in [0, 0.1) is 5.41 Å². The molecule has 1 aromatic heterocycles. The fraction of sp³-hybridized carbons (Fsp3) is 0.474. The van der Waals surface area contributed by atoms with Crippen LogP contribution in [-0.4, -0.2) is 47.5 Å². The van der Waals surface area contributed by atoms with Gasteiger partial charge >= 0.3 is 0 Å². The fourth-order valence-corrected chi connectivity index (χ4v) is 3.95. The number of likely N-dealkylation sites (tertiary alicyclic amines) is 2. The Labute approximate surface area is 142 Å². The number of hydrogen-bond acceptors (Lipinski definition) is 4. The molecule has 0 bridgehead atoms. The molecule has 2 aliphatic rings. The standard InChI is InChI=1S/C19H23N3O2/c1-21-10-7-19(18(21)23)8-11-22(12-9-19)14-16-13-17(24-20-16)15-5-3-2-4-6-15/h2-6,13H,7-12,14H2,1H3. The highest BCUT2D eigenvalue weighted by Crippen LogP contribution is 2.41. The van der Waals surface area contributed by atoms with Crippen LogP contribution in [0.5, 0.6) is 0 Å². The van der Waals surface area contributed by atoms with Crippen LogP contribution >= 0.6 is 0 Å². The number of benzene rings is 1. The molecule has 2 aromatic rings. The molecule has 0 unspecified atom stereocenters. The van der Waals surface area contributed by atoms with E-state index in [4.69, 9.17) is 4.52 Å². The molecular formula is C19H23N3O2. The Hall–Kier alpha value is -2.14. The first-order chi connectivity index (χ1) is 11.7. The molecule has 3 heterocycles. The lowest BCUT2D eigenvalue weighted by Gasteiger charge is -2.37. The predicted molar refractivity (Wildman–Crippen MR) is 91.1 cm³/mol. The van der Waals surface area contributed by atoms with Crippen molar-refractivity contribution in [1.82, 2.24) is 15.0 Å². The van der Waals surface area contributed by atoms with Crippen molar-refractivity contribution in [2.75, 3.05) is 26.7 Å². The van der Waals surface area contributed by atoms with E-state index in [9.17, 15) is 4.79 Å². The Morgan fingerprint density at radius 1 is 1.12 bits per heavy atom. The van der Waals surface area contributed by atoms with Crippen molar-refractivity contribution in [1.29, 1.82) is 0 Å². The van der Waals surface area contributed by atoms with Crippen molar-refractivity contribution in [2.45, 2.75) is 25.8 Å². The first-order valence-electron chi connectivity index (χ1n) is 8.65. The number of aromatic nitrogens is 1. The maximum atomic E-state index is 12.4. The van der Waals surface area contributed by atoms with Gasteiger partial charge < -0.3 is 9.42 Å². The summed E-state index contributed by atoms with van der Waals surface area (Å²) in [6.07, 6.45) is 2.93. The minimum atomic E-state index is -0.0930. The van der Waals surface area contributed by atoms with Gasteiger partial charge in [0.2, 0.25) is 5.91 Å². The molecule has 4 rings (SSSR count). The molecule has 2 aliphatic heterocycles. The molecule has 24 heavy (non-hydrogen) atoms. The smallest absolute Gasteiger partial charge is 0.228 e. The molecule has 1 amide bonds. The van der Waals surface area contributed by atoms with Crippen LogP contribution in [0.1, 0.15) is 25.0 Å². The van der Waals surface area contributed by atoms with Crippen LogP contribution in [0.25, 0.3) is 11.3 Å². The van der Waals surface area contributed by atoms with E-state index in [-0.39, 0.29) is 5.41 Å². The number of hydrogen-bond donors (Lipinski definition) is 0. The van der Waals surface area contributed by atoms with Crippen molar-refractivity contribution >= 4 is 5.91 Å². The Morgan fingerprint density at radius 3 is 2.50 bits per heavy atom. The van der Waals surface area contributed by atoms with E-state index in [0.717, 1.165) is 62.5 Å². The topological polar surface area (TPSA) is 49.6 Å². The lowest BCUT2D eigenvalue weighted by Crippen LogP contribution is -2.43. The lowest BCUT2D eigenvalue weighted by atomic mass is 9.77. The summed E-state index contributed by atoms with van der Waals surface area (Å²) in [5.41, 5.74) is 1.91. The summed E-state index contributed by atoms with van der Waals surface area (Å²) in [6, 6.07) is 12.1. The molecule has 0 aliphatic carbocycles. The largest absolute Gasteiger partial charge is 0.356 e. The van der Waals surface area contributed by atoms with Gasteiger partial charge in [0.25, 0.3) is 0 Å². The highest BCUT2D eigenvalue weighted by Gasteiger charge is 2.46. The molecular weight excluding hydrogens is 302 g/mol. The summed E-state index contributed by atoms with van der Waals surface area (Å²) in [4.78, 5) is 16.7. The molecule has 0 atom stereocenters. The van der Waals surface area contributed by atoms with E-state index in [0.29, 0.717) is 5.91 Å². The van der Waals surface area contributed by atoms with Gasteiger partial charge in [-0.1, -0.05) is 35.5 Å². The summed E-state index contributed by atoms with van der Waals surface area (Å²) in [6.45, 7) is 3.60. The van der Waals surface area contributed by atoms with Crippen molar-refractivity contribution in [3.8, 4) is 11.3 Å². The van der Waals surface area contributed by atoms with Crippen molar-refractivity contribution < 1.29 is 9.32 Å². The molecule has 0 radical (unpaired) electrons. The Morgan fingerprint density at radius 2 is 1.83 bits per heavy atom. The minimum absolute atomic E-state index is 0.0930. The molecule has 126 valence electrons. The molecule has 0 N–H and O–H groups in total. The maximum absolute atomic E-state index is 12.4. The van der Waals surface area contributed by atoms with Crippen LogP contribution in [-0.2, 0) is 11.3 Å². The van der Waals surface area contributed by atoms with Crippen LogP contribution in [0.2, 0.25) is 0 Å². The second kappa shape index (κ2) is 6.06. The summed E-state index contributed by atoms with van der Waals surface area (Å²) in [5, 5.41) is 4.21. The molecule has 5 heteroatoms. The normalized spacial score (nSPS) is 20.9. The average Bonchev–Trinajstić information content (AvgIpc) is 3.19. The third-order valence-electron chi connectivity index (χ3n) is 5.54. The van der Waals surface area contributed by atoms with Crippen molar-refractivity contribution in [2.24, 2.45) is 5.41 Å². The second-order valence-electron chi connectivity index (χ2n) is 7.08. The highest BCUT2D eigenvalue weighted by molar-refractivity contribution is 5.84. The fourth-order valence-electron chi connectivity index (χ4n) is 3.95. The van der Waals surface area contributed by atoms with Gasteiger partial charge in [-0.3, -0.25) is 9.69 Å². The lowest BCUT2D eigenvalue weighted by molar-refractivity contribution is -0.137. The SMILES string of the molecule is CN1CCC2(CCN(Cc3cc(-c4ccccc4)on3)CC2)C1=O. The Bertz CT molecular complexity index is 717. The number of nitrogens with zero attached hydrogens (tertiary/aromatic N) is 3. The third-order valence-corrected chi connectivity index (χ3v) is 5.54. The number of piperidine rings is 1. The van der Waals surface area contributed by atoms with Gasteiger partial charge in [-0.25, -0.2) is 0 Å². The highest BCUT2D eigenvalue weighted by atomic mass is 16.5. The number of rotatable bonds is 3. The Kier molecular flexibility index (Phi) is 3.88. The van der Waals surface area contributed by atoms with Gasteiger partial charge in [0.15, 0.2) is 5.76 Å². The van der Waals surface area contributed by atoms with Gasteiger partial charge in [0.05, 0.1) is 11.1 Å². The molecule has 0 saturated carbocycles. The third kappa shape index (κ3) is 2.73. The summed E-state index contributed by atoms with van der Waals surface area (Å²) in [7, 11) is 1.92. The molecule has 1 spiro atoms. The number of carbonyl (C=O) groups is 1. The number of carbonyl (C=O) groups excluding carboxylic acids is 1. The molecule has 1 aromatic carbocycles. The first kappa shape index (κ1) is 15.4. The van der Waals surface area contributed by atoms with Crippen molar-refractivity contribution in [3.05, 3.63) is 42.1 Å². The number of amides is 1. The quantitative estimate of drug-likeness (QED) is 0.871. The van der Waals surface area contributed by atoms with Crippen LogP contribution in [0.15, 0.2) is 40.9 Å². The van der Waals surface area contributed by atoms with Crippen LogP contribution in [0.4, 0.5) is 0 Å². The van der Waals surface area contributed by atoms with E-state index in [2.05, 4.69) is 10.1 Å². The van der Waals surface area contributed by atoms with Gasteiger partial charge in [-0.05, 0) is 32.4 Å².